The second-order valence-electron chi connectivity index (χ2n) is 3.88. The van der Waals surface area contributed by atoms with Crippen LogP contribution in [0.5, 0.6) is 0 Å². The van der Waals surface area contributed by atoms with E-state index in [1.165, 1.54) is 5.56 Å². The maximum Gasteiger partial charge on any atom is 0.0717 e. The molecule has 1 aromatic rings. The van der Waals surface area contributed by atoms with Crippen molar-refractivity contribution in [1.82, 2.24) is 4.90 Å². The first-order valence-corrected chi connectivity index (χ1v) is 5.22. The van der Waals surface area contributed by atoms with E-state index in [4.69, 9.17) is 10.5 Å². The van der Waals surface area contributed by atoms with Gasteiger partial charge in [0.1, 0.15) is 0 Å². The fourth-order valence-electron chi connectivity index (χ4n) is 1.28. The quantitative estimate of drug-likeness (QED) is 0.714. The maximum absolute atomic E-state index is 5.57. The minimum absolute atomic E-state index is 0.589. The number of ether oxygens (including phenoxy) is 1. The average molecular weight is 208 g/mol. The molecule has 1 aromatic carbocycles. The van der Waals surface area contributed by atoms with Gasteiger partial charge >= 0.3 is 0 Å². The Labute approximate surface area is 91.8 Å². The van der Waals surface area contributed by atoms with Crippen LogP contribution in [0.1, 0.15) is 11.1 Å². The summed E-state index contributed by atoms with van der Waals surface area (Å²) >= 11 is 0. The van der Waals surface area contributed by atoms with Crippen molar-refractivity contribution in [2.75, 3.05) is 27.2 Å². The monoisotopic (exact) mass is 208 g/mol. The molecule has 0 amide bonds. The predicted octanol–water partition coefficient (Wildman–Crippen LogP) is 1.22. The lowest BCUT2D eigenvalue weighted by molar-refractivity contribution is 0.105. The molecule has 0 aliphatic rings. The topological polar surface area (TPSA) is 38.5 Å². The summed E-state index contributed by atoms with van der Waals surface area (Å²) in [5, 5.41) is 0. The van der Waals surface area contributed by atoms with Crippen molar-refractivity contribution in [3.05, 3.63) is 35.4 Å². The number of hydrogen-bond acceptors (Lipinski definition) is 3. The Morgan fingerprint density at radius 1 is 1.27 bits per heavy atom. The van der Waals surface area contributed by atoms with Crippen molar-refractivity contribution in [2.45, 2.75) is 13.2 Å². The van der Waals surface area contributed by atoms with Gasteiger partial charge in [0.2, 0.25) is 0 Å². The Balaban J connectivity index is 2.30. The summed E-state index contributed by atoms with van der Waals surface area (Å²) in [5.41, 5.74) is 7.91. The summed E-state index contributed by atoms with van der Waals surface area (Å²) < 4.78 is 5.55. The fraction of sp³-hybridized carbons (Fsp3) is 0.500. The molecule has 0 radical (unpaired) electrons. The summed E-state index contributed by atoms with van der Waals surface area (Å²) in [4.78, 5) is 2.11. The molecule has 0 aromatic heterocycles. The first-order valence-electron chi connectivity index (χ1n) is 5.22. The van der Waals surface area contributed by atoms with Crippen molar-refractivity contribution in [3.63, 3.8) is 0 Å². The van der Waals surface area contributed by atoms with Crippen LogP contribution < -0.4 is 5.73 Å². The van der Waals surface area contributed by atoms with E-state index in [-0.39, 0.29) is 0 Å². The van der Waals surface area contributed by atoms with Gasteiger partial charge in [-0.15, -0.1) is 0 Å². The van der Waals surface area contributed by atoms with Gasteiger partial charge in [0.15, 0.2) is 0 Å². The minimum atomic E-state index is 0.589. The summed E-state index contributed by atoms with van der Waals surface area (Å²) in [6, 6.07) is 8.21. The van der Waals surface area contributed by atoms with Crippen LogP contribution in [0.3, 0.4) is 0 Å². The second kappa shape index (κ2) is 6.56. The summed E-state index contributed by atoms with van der Waals surface area (Å²) in [7, 11) is 4.08. The van der Waals surface area contributed by atoms with E-state index in [0.717, 1.165) is 18.7 Å². The molecule has 1 rings (SSSR count). The van der Waals surface area contributed by atoms with Gasteiger partial charge in [0.25, 0.3) is 0 Å². The molecule has 0 saturated heterocycles. The third kappa shape index (κ3) is 4.93. The Hall–Kier alpha value is -0.900. The molecule has 0 atom stereocenters. The maximum atomic E-state index is 5.57. The van der Waals surface area contributed by atoms with Crippen LogP contribution in [-0.4, -0.2) is 32.1 Å². The van der Waals surface area contributed by atoms with E-state index in [0.29, 0.717) is 13.2 Å². The van der Waals surface area contributed by atoms with Crippen LogP contribution in [-0.2, 0) is 17.9 Å². The van der Waals surface area contributed by atoms with Crippen molar-refractivity contribution in [3.8, 4) is 0 Å². The molecule has 0 aliphatic carbocycles. The third-order valence-corrected chi connectivity index (χ3v) is 2.18. The van der Waals surface area contributed by atoms with E-state index < -0.39 is 0 Å². The molecule has 0 fully saturated rings. The molecule has 0 aliphatic heterocycles. The van der Waals surface area contributed by atoms with Gasteiger partial charge in [-0.05, 0) is 25.2 Å². The predicted molar refractivity (Wildman–Crippen MR) is 62.5 cm³/mol. The summed E-state index contributed by atoms with van der Waals surface area (Å²) in [6.07, 6.45) is 0. The Kier molecular flexibility index (Phi) is 5.32. The zero-order chi connectivity index (χ0) is 11.1. The van der Waals surface area contributed by atoms with Crippen molar-refractivity contribution in [2.24, 2.45) is 5.73 Å². The molecule has 3 nitrogen and oxygen atoms in total. The van der Waals surface area contributed by atoms with Crippen LogP contribution in [0.4, 0.5) is 0 Å². The SMILES string of the molecule is CN(C)CCOCc1cccc(CN)c1. The summed E-state index contributed by atoms with van der Waals surface area (Å²) in [5.74, 6) is 0. The Bertz CT molecular complexity index is 287. The van der Waals surface area contributed by atoms with E-state index in [2.05, 4.69) is 17.0 Å². The molecular weight excluding hydrogens is 188 g/mol. The molecule has 0 bridgehead atoms. The second-order valence-corrected chi connectivity index (χ2v) is 3.88. The Morgan fingerprint density at radius 3 is 2.67 bits per heavy atom. The molecule has 0 spiro atoms. The minimum Gasteiger partial charge on any atom is -0.375 e. The number of rotatable bonds is 6. The number of likely N-dealkylation sites (N-methyl/N-ethyl adjacent to an activating group) is 1. The van der Waals surface area contributed by atoms with Gasteiger partial charge in [0, 0.05) is 13.1 Å². The average Bonchev–Trinajstić information content (AvgIpc) is 2.24. The number of hydrogen-bond donors (Lipinski definition) is 1. The lowest BCUT2D eigenvalue weighted by Gasteiger charge is -2.10. The molecule has 3 heteroatoms. The molecule has 15 heavy (non-hydrogen) atoms. The van der Waals surface area contributed by atoms with E-state index in [1.54, 1.807) is 0 Å². The molecule has 84 valence electrons. The third-order valence-electron chi connectivity index (χ3n) is 2.18. The molecule has 0 unspecified atom stereocenters. The highest BCUT2D eigenvalue weighted by atomic mass is 16.5. The number of benzene rings is 1. The number of nitrogens with two attached hydrogens (primary N) is 1. The highest BCUT2D eigenvalue weighted by molar-refractivity contribution is 5.22. The molecule has 2 N–H and O–H groups in total. The first-order chi connectivity index (χ1) is 7.22. The van der Waals surface area contributed by atoms with Crippen LogP contribution in [0, 0.1) is 0 Å². The van der Waals surface area contributed by atoms with Crippen molar-refractivity contribution >= 4 is 0 Å². The lowest BCUT2D eigenvalue weighted by Crippen LogP contribution is -2.17. The van der Waals surface area contributed by atoms with Crippen LogP contribution >= 0.6 is 0 Å². The zero-order valence-electron chi connectivity index (χ0n) is 9.57. The van der Waals surface area contributed by atoms with E-state index >= 15 is 0 Å². The van der Waals surface area contributed by atoms with Gasteiger partial charge in [0.05, 0.1) is 13.2 Å². The van der Waals surface area contributed by atoms with E-state index in [9.17, 15) is 0 Å². The highest BCUT2D eigenvalue weighted by Gasteiger charge is 1.95. The van der Waals surface area contributed by atoms with Crippen molar-refractivity contribution in [1.29, 1.82) is 0 Å². The smallest absolute Gasteiger partial charge is 0.0717 e. The Morgan fingerprint density at radius 2 is 2.00 bits per heavy atom. The summed E-state index contributed by atoms with van der Waals surface area (Å²) in [6.45, 7) is 2.98. The largest absolute Gasteiger partial charge is 0.375 e. The van der Waals surface area contributed by atoms with Crippen molar-refractivity contribution < 1.29 is 4.74 Å². The van der Waals surface area contributed by atoms with Gasteiger partial charge < -0.3 is 15.4 Å². The van der Waals surface area contributed by atoms with Gasteiger partial charge in [-0.25, -0.2) is 0 Å². The molecule has 0 heterocycles. The van der Waals surface area contributed by atoms with Crippen LogP contribution in [0.2, 0.25) is 0 Å². The highest BCUT2D eigenvalue weighted by Crippen LogP contribution is 2.05. The fourth-order valence-corrected chi connectivity index (χ4v) is 1.28. The van der Waals surface area contributed by atoms with Crippen LogP contribution in [0.25, 0.3) is 0 Å². The number of nitrogens with zero attached hydrogens (tertiary/aromatic N) is 1. The first kappa shape index (κ1) is 12.2. The van der Waals surface area contributed by atoms with E-state index in [1.807, 2.05) is 26.2 Å². The van der Waals surface area contributed by atoms with Gasteiger partial charge in [-0.3, -0.25) is 0 Å². The zero-order valence-corrected chi connectivity index (χ0v) is 9.57. The molecule has 0 saturated carbocycles. The lowest BCUT2D eigenvalue weighted by atomic mass is 10.1. The van der Waals surface area contributed by atoms with Gasteiger partial charge in [-0.2, -0.15) is 0 Å². The molecular formula is C12H20N2O. The van der Waals surface area contributed by atoms with Crippen LogP contribution in [0.15, 0.2) is 24.3 Å². The van der Waals surface area contributed by atoms with Gasteiger partial charge in [-0.1, -0.05) is 24.3 Å². The standard InChI is InChI=1S/C12H20N2O/c1-14(2)6-7-15-10-12-5-3-4-11(8-12)9-13/h3-5,8H,6-7,9-10,13H2,1-2H3. The normalized spacial score (nSPS) is 10.9.